The van der Waals surface area contributed by atoms with Gasteiger partial charge in [-0.3, -0.25) is 5.32 Å². The van der Waals surface area contributed by atoms with Gasteiger partial charge in [0.25, 0.3) is 0 Å². The standard InChI is InChI=1S/C12H16BrNO/c1-11(2)8-15-12(3,14-11)9-6-4-5-7-10(9)13/h4-7,14H,8H2,1-3H3. The minimum absolute atomic E-state index is 0.0318. The molecular formula is C12H16BrNO. The first-order chi connectivity index (χ1) is 6.93. The smallest absolute Gasteiger partial charge is 0.144 e. The lowest BCUT2D eigenvalue weighted by molar-refractivity contribution is 0.00160. The van der Waals surface area contributed by atoms with Crippen LogP contribution in [0.3, 0.4) is 0 Å². The summed E-state index contributed by atoms with van der Waals surface area (Å²) in [7, 11) is 0. The molecule has 1 heterocycles. The predicted octanol–water partition coefficient (Wildman–Crippen LogP) is 3.02. The van der Waals surface area contributed by atoms with Gasteiger partial charge in [0, 0.05) is 15.6 Å². The molecule has 1 aromatic rings. The molecule has 3 heteroatoms. The highest BCUT2D eigenvalue weighted by molar-refractivity contribution is 9.10. The van der Waals surface area contributed by atoms with E-state index in [0.717, 1.165) is 16.6 Å². The maximum atomic E-state index is 5.88. The second kappa shape index (κ2) is 3.58. The molecule has 2 nitrogen and oxygen atoms in total. The second-order valence-corrected chi connectivity index (χ2v) is 5.66. The molecule has 1 unspecified atom stereocenters. The van der Waals surface area contributed by atoms with Crippen molar-refractivity contribution in [2.45, 2.75) is 32.0 Å². The molecule has 1 N–H and O–H groups in total. The summed E-state index contributed by atoms with van der Waals surface area (Å²) in [5.41, 5.74) is 0.795. The molecule has 1 aromatic carbocycles. The first-order valence-corrected chi connectivity index (χ1v) is 5.91. The molecule has 82 valence electrons. The average Bonchev–Trinajstić information content (AvgIpc) is 2.42. The van der Waals surface area contributed by atoms with E-state index >= 15 is 0 Å². The third kappa shape index (κ3) is 2.10. The van der Waals surface area contributed by atoms with Crippen LogP contribution in [-0.4, -0.2) is 12.1 Å². The van der Waals surface area contributed by atoms with E-state index in [1.165, 1.54) is 0 Å². The van der Waals surface area contributed by atoms with Crippen molar-refractivity contribution in [3.05, 3.63) is 34.3 Å². The summed E-state index contributed by atoms with van der Waals surface area (Å²) in [5.74, 6) is 0. The fourth-order valence-corrected chi connectivity index (χ4v) is 2.70. The Kier molecular flexibility index (Phi) is 2.65. The van der Waals surface area contributed by atoms with Crippen LogP contribution in [0.25, 0.3) is 0 Å². The Morgan fingerprint density at radius 2 is 1.93 bits per heavy atom. The highest BCUT2D eigenvalue weighted by Crippen LogP contribution is 2.35. The van der Waals surface area contributed by atoms with E-state index in [9.17, 15) is 0 Å². The fraction of sp³-hybridized carbons (Fsp3) is 0.500. The van der Waals surface area contributed by atoms with E-state index in [1.807, 2.05) is 18.2 Å². The Balaban J connectivity index is 2.36. The summed E-state index contributed by atoms with van der Waals surface area (Å²) in [4.78, 5) is 0. The van der Waals surface area contributed by atoms with Gasteiger partial charge in [-0.2, -0.15) is 0 Å². The van der Waals surface area contributed by atoms with Crippen molar-refractivity contribution in [1.82, 2.24) is 5.32 Å². The van der Waals surface area contributed by atoms with Crippen molar-refractivity contribution in [2.24, 2.45) is 0 Å². The zero-order valence-corrected chi connectivity index (χ0v) is 10.9. The molecule has 1 aliphatic rings. The third-order valence-electron chi connectivity index (χ3n) is 2.69. The van der Waals surface area contributed by atoms with E-state index in [2.05, 4.69) is 48.1 Å². The zero-order valence-electron chi connectivity index (χ0n) is 9.30. The van der Waals surface area contributed by atoms with E-state index in [0.29, 0.717) is 0 Å². The Morgan fingerprint density at radius 3 is 2.47 bits per heavy atom. The van der Waals surface area contributed by atoms with Gasteiger partial charge in [0.2, 0.25) is 0 Å². The SMILES string of the molecule is CC1(C)COC(C)(c2ccccc2Br)N1. The van der Waals surface area contributed by atoms with Crippen LogP contribution in [0, 0.1) is 0 Å². The topological polar surface area (TPSA) is 21.3 Å². The van der Waals surface area contributed by atoms with Crippen LogP contribution in [0.2, 0.25) is 0 Å². The quantitative estimate of drug-likeness (QED) is 0.847. The van der Waals surface area contributed by atoms with Gasteiger partial charge in [-0.05, 0) is 26.8 Å². The largest absolute Gasteiger partial charge is 0.355 e. The first-order valence-electron chi connectivity index (χ1n) is 5.11. The molecule has 0 saturated carbocycles. The van der Waals surface area contributed by atoms with Gasteiger partial charge in [-0.1, -0.05) is 34.1 Å². The summed E-state index contributed by atoms with van der Waals surface area (Å²) >= 11 is 3.56. The molecule has 1 atom stereocenters. The molecule has 2 rings (SSSR count). The van der Waals surface area contributed by atoms with Crippen molar-refractivity contribution in [2.75, 3.05) is 6.61 Å². The van der Waals surface area contributed by atoms with Crippen LogP contribution in [-0.2, 0) is 10.5 Å². The summed E-state index contributed by atoms with van der Waals surface area (Å²) < 4.78 is 6.96. The number of nitrogens with one attached hydrogen (secondary N) is 1. The van der Waals surface area contributed by atoms with Gasteiger partial charge in [-0.15, -0.1) is 0 Å². The second-order valence-electron chi connectivity index (χ2n) is 4.81. The number of rotatable bonds is 1. The summed E-state index contributed by atoms with van der Waals surface area (Å²) in [6, 6.07) is 8.16. The third-order valence-corrected chi connectivity index (χ3v) is 3.38. The Hall–Kier alpha value is -0.380. The molecule has 0 spiro atoms. The minimum Gasteiger partial charge on any atom is -0.355 e. The summed E-state index contributed by atoms with van der Waals surface area (Å²) in [6.07, 6.45) is 0. The number of hydrogen-bond donors (Lipinski definition) is 1. The summed E-state index contributed by atoms with van der Waals surface area (Å²) in [5, 5.41) is 3.51. The molecular weight excluding hydrogens is 254 g/mol. The molecule has 15 heavy (non-hydrogen) atoms. The van der Waals surface area contributed by atoms with E-state index in [-0.39, 0.29) is 11.3 Å². The highest BCUT2D eigenvalue weighted by atomic mass is 79.9. The zero-order chi connectivity index (χ0) is 11.1. The maximum absolute atomic E-state index is 5.88. The fourth-order valence-electron chi connectivity index (χ4n) is 2.04. The number of ether oxygens (including phenoxy) is 1. The van der Waals surface area contributed by atoms with Crippen LogP contribution in [0.1, 0.15) is 26.3 Å². The van der Waals surface area contributed by atoms with Gasteiger partial charge in [-0.25, -0.2) is 0 Å². The van der Waals surface area contributed by atoms with Crippen LogP contribution in [0.5, 0.6) is 0 Å². The minimum atomic E-state index is -0.385. The van der Waals surface area contributed by atoms with Gasteiger partial charge in [0.1, 0.15) is 5.72 Å². The van der Waals surface area contributed by atoms with Crippen molar-refractivity contribution in [1.29, 1.82) is 0 Å². The normalized spacial score (nSPS) is 29.3. The Bertz CT molecular complexity index is 378. The van der Waals surface area contributed by atoms with E-state index < -0.39 is 0 Å². The highest BCUT2D eigenvalue weighted by Gasteiger charge is 2.42. The van der Waals surface area contributed by atoms with Crippen LogP contribution in [0.15, 0.2) is 28.7 Å². The van der Waals surface area contributed by atoms with Crippen molar-refractivity contribution in [3.8, 4) is 0 Å². The van der Waals surface area contributed by atoms with Crippen molar-refractivity contribution < 1.29 is 4.74 Å². The lowest BCUT2D eigenvalue weighted by Gasteiger charge is -2.28. The predicted molar refractivity (Wildman–Crippen MR) is 64.7 cm³/mol. The molecule has 1 fully saturated rings. The lowest BCUT2D eigenvalue weighted by Crippen LogP contribution is -2.44. The molecule has 0 radical (unpaired) electrons. The lowest BCUT2D eigenvalue weighted by atomic mass is 10.0. The monoisotopic (exact) mass is 269 g/mol. The molecule has 0 aromatic heterocycles. The number of halogens is 1. The Morgan fingerprint density at radius 1 is 1.27 bits per heavy atom. The number of benzene rings is 1. The number of hydrogen-bond acceptors (Lipinski definition) is 2. The van der Waals surface area contributed by atoms with E-state index in [4.69, 9.17) is 4.74 Å². The average molecular weight is 270 g/mol. The first kappa shape index (κ1) is 11.1. The molecule has 0 amide bonds. The Labute approximate surface area is 99.1 Å². The van der Waals surface area contributed by atoms with Gasteiger partial charge < -0.3 is 4.74 Å². The molecule has 0 bridgehead atoms. The van der Waals surface area contributed by atoms with Gasteiger partial charge in [0.15, 0.2) is 0 Å². The van der Waals surface area contributed by atoms with E-state index in [1.54, 1.807) is 0 Å². The van der Waals surface area contributed by atoms with Crippen LogP contribution < -0.4 is 5.32 Å². The van der Waals surface area contributed by atoms with Crippen LogP contribution >= 0.6 is 15.9 Å². The van der Waals surface area contributed by atoms with Crippen LogP contribution in [0.4, 0.5) is 0 Å². The van der Waals surface area contributed by atoms with Gasteiger partial charge in [0.05, 0.1) is 6.61 Å². The van der Waals surface area contributed by atoms with Crippen molar-refractivity contribution >= 4 is 15.9 Å². The molecule has 1 saturated heterocycles. The summed E-state index contributed by atoms with van der Waals surface area (Å²) in [6.45, 7) is 7.09. The van der Waals surface area contributed by atoms with Gasteiger partial charge >= 0.3 is 0 Å². The van der Waals surface area contributed by atoms with Crippen molar-refractivity contribution in [3.63, 3.8) is 0 Å². The molecule has 1 aliphatic heterocycles. The molecule has 0 aliphatic carbocycles. The maximum Gasteiger partial charge on any atom is 0.144 e.